The van der Waals surface area contributed by atoms with Gasteiger partial charge in [-0.25, -0.2) is 19.9 Å². The molecular weight excluding hydrogens is 580 g/mol. The normalized spacial score (nSPS) is 12.1. The highest BCUT2D eigenvalue weighted by Gasteiger charge is 2.34. The smallest absolute Gasteiger partial charge is 0.342 e. The molecule has 4 aromatic rings. The monoisotopic (exact) mass is 596 g/mol. The van der Waals surface area contributed by atoms with Crippen LogP contribution in [0.5, 0.6) is 0 Å². The van der Waals surface area contributed by atoms with Gasteiger partial charge < -0.3 is 15.5 Å². The number of carbonyl (C=O) groups is 2. The Morgan fingerprint density at radius 2 is 1.85 bits per heavy atom. The molecule has 39 heavy (non-hydrogen) atoms. The van der Waals surface area contributed by atoms with E-state index in [1.165, 1.54) is 12.5 Å². The molecule has 1 unspecified atom stereocenters. The molecule has 0 saturated carbocycles. The quantitative estimate of drug-likeness (QED) is 0.284. The summed E-state index contributed by atoms with van der Waals surface area (Å²) in [4.78, 5) is 47.3. The molecule has 2 amide bonds. The van der Waals surface area contributed by atoms with Crippen LogP contribution in [0.4, 0.5) is 30.5 Å². The molecule has 0 bridgehead atoms. The second-order valence-electron chi connectivity index (χ2n) is 7.89. The zero-order valence-corrected chi connectivity index (χ0v) is 22.3. The van der Waals surface area contributed by atoms with Crippen molar-refractivity contribution < 1.29 is 22.8 Å². The molecule has 0 aliphatic rings. The zero-order chi connectivity index (χ0) is 28.3. The standard InChI is InChI=1S/C23H17Cl2F3N8O2S/c1-11(34-21(38)18-17(25)19(33-10-32-18)36(2)12-4-3-5-29-7-12)22-31-9-15(39-22)20(37)35-16-6-13(23(26,27)28)14(24)8-30-16/h3-11H,1-2H3,(H,34,38)(H,30,35,37). The Morgan fingerprint density at radius 1 is 1.08 bits per heavy atom. The van der Waals surface area contributed by atoms with Crippen LogP contribution in [0.15, 0.2) is 49.3 Å². The van der Waals surface area contributed by atoms with Crippen LogP contribution in [0.1, 0.15) is 43.7 Å². The summed E-state index contributed by atoms with van der Waals surface area (Å²) < 4.78 is 39.3. The Morgan fingerprint density at radius 3 is 2.54 bits per heavy atom. The van der Waals surface area contributed by atoms with Crippen LogP contribution in [0, 0.1) is 0 Å². The second kappa shape index (κ2) is 11.5. The number of rotatable bonds is 7. The number of hydrogen-bond donors (Lipinski definition) is 2. The van der Waals surface area contributed by atoms with Gasteiger partial charge in [-0.3, -0.25) is 14.6 Å². The molecule has 0 spiro atoms. The number of thiazole rings is 1. The Balaban J connectivity index is 1.45. The van der Waals surface area contributed by atoms with E-state index in [1.807, 2.05) is 0 Å². The minimum absolute atomic E-state index is 0.0152. The van der Waals surface area contributed by atoms with Crippen molar-refractivity contribution in [2.45, 2.75) is 19.1 Å². The van der Waals surface area contributed by atoms with Crippen LogP contribution in [-0.2, 0) is 6.18 Å². The molecule has 10 nitrogen and oxygen atoms in total. The van der Waals surface area contributed by atoms with Crippen molar-refractivity contribution in [2.24, 2.45) is 0 Å². The van der Waals surface area contributed by atoms with Crippen molar-refractivity contribution in [2.75, 3.05) is 17.3 Å². The maximum Gasteiger partial charge on any atom is 0.418 e. The van der Waals surface area contributed by atoms with Crippen molar-refractivity contribution in [3.05, 3.63) is 80.5 Å². The third-order valence-corrected chi connectivity index (χ3v) is 7.03. The van der Waals surface area contributed by atoms with E-state index in [9.17, 15) is 22.8 Å². The largest absolute Gasteiger partial charge is 0.418 e. The zero-order valence-electron chi connectivity index (χ0n) is 20.0. The molecule has 0 fully saturated rings. The van der Waals surface area contributed by atoms with Gasteiger partial charge in [-0.15, -0.1) is 11.3 Å². The van der Waals surface area contributed by atoms with E-state index in [4.69, 9.17) is 23.2 Å². The van der Waals surface area contributed by atoms with E-state index in [0.29, 0.717) is 16.8 Å². The van der Waals surface area contributed by atoms with Crippen LogP contribution < -0.4 is 15.5 Å². The van der Waals surface area contributed by atoms with Crippen LogP contribution in [0.25, 0.3) is 0 Å². The van der Waals surface area contributed by atoms with Gasteiger partial charge in [0.25, 0.3) is 11.8 Å². The first-order chi connectivity index (χ1) is 18.5. The third-order valence-electron chi connectivity index (χ3n) is 5.20. The predicted octanol–water partition coefficient (Wildman–Crippen LogP) is 5.56. The van der Waals surface area contributed by atoms with Crippen molar-refractivity contribution in [1.82, 2.24) is 30.2 Å². The molecule has 4 rings (SSSR count). The van der Waals surface area contributed by atoms with Gasteiger partial charge in [0.05, 0.1) is 34.7 Å². The number of aromatic nitrogens is 5. The van der Waals surface area contributed by atoms with E-state index in [2.05, 4.69) is 35.6 Å². The second-order valence-corrected chi connectivity index (χ2v) is 9.74. The first kappa shape index (κ1) is 28.1. The fourth-order valence-corrected chi connectivity index (χ4v) is 4.59. The number of anilines is 3. The Labute approximate surface area is 233 Å². The summed E-state index contributed by atoms with van der Waals surface area (Å²) in [5.74, 6) is -1.39. The molecule has 0 saturated heterocycles. The lowest BCUT2D eigenvalue weighted by molar-refractivity contribution is -0.137. The number of halogens is 5. The lowest BCUT2D eigenvalue weighted by atomic mass is 10.2. The highest BCUT2D eigenvalue weighted by atomic mass is 35.5. The average molecular weight is 597 g/mol. The molecular formula is C23H17Cl2F3N8O2S. The van der Waals surface area contributed by atoms with Gasteiger partial charge in [-0.1, -0.05) is 23.2 Å². The van der Waals surface area contributed by atoms with Crippen molar-refractivity contribution >= 4 is 63.7 Å². The number of pyridine rings is 2. The van der Waals surface area contributed by atoms with Gasteiger partial charge in [-0.05, 0) is 25.1 Å². The summed E-state index contributed by atoms with van der Waals surface area (Å²) in [5, 5.41) is 4.77. The number of carbonyl (C=O) groups excluding carboxylic acids is 2. The van der Waals surface area contributed by atoms with Crippen LogP contribution in [0.2, 0.25) is 10.0 Å². The number of alkyl halides is 3. The van der Waals surface area contributed by atoms with E-state index >= 15 is 0 Å². The maximum absolute atomic E-state index is 13.1. The number of nitrogens with zero attached hydrogens (tertiary/aromatic N) is 6. The minimum Gasteiger partial charge on any atom is -0.342 e. The van der Waals surface area contributed by atoms with Crippen LogP contribution in [0.3, 0.4) is 0 Å². The van der Waals surface area contributed by atoms with Gasteiger partial charge in [0, 0.05) is 19.4 Å². The van der Waals surface area contributed by atoms with Crippen LogP contribution >= 0.6 is 34.5 Å². The highest BCUT2D eigenvalue weighted by Crippen LogP contribution is 2.35. The molecule has 1 atom stereocenters. The molecule has 0 aliphatic heterocycles. The van der Waals surface area contributed by atoms with Crippen LogP contribution in [-0.4, -0.2) is 43.8 Å². The number of nitrogens with one attached hydrogen (secondary N) is 2. The molecule has 2 N–H and O–H groups in total. The van der Waals surface area contributed by atoms with E-state index in [-0.39, 0.29) is 27.2 Å². The fourth-order valence-electron chi connectivity index (χ4n) is 3.25. The fraction of sp³-hybridized carbons (Fsp3) is 0.174. The molecule has 0 aliphatic carbocycles. The molecule has 0 aromatic carbocycles. The Hall–Kier alpha value is -3.88. The molecule has 16 heteroatoms. The summed E-state index contributed by atoms with van der Waals surface area (Å²) in [6.07, 6.45) is 1.74. The minimum atomic E-state index is -4.72. The van der Waals surface area contributed by atoms with Gasteiger partial charge in [0.15, 0.2) is 11.5 Å². The third kappa shape index (κ3) is 6.41. The summed E-state index contributed by atoms with van der Waals surface area (Å²) in [6.45, 7) is 1.63. The lowest BCUT2D eigenvalue weighted by Crippen LogP contribution is -2.28. The summed E-state index contributed by atoms with van der Waals surface area (Å²) >= 11 is 12.9. The highest BCUT2D eigenvalue weighted by molar-refractivity contribution is 7.13. The SMILES string of the molecule is CC(NC(=O)c1ncnc(N(C)c2cccnc2)c1Cl)c1ncc(C(=O)Nc2cc(C(F)(F)F)c(Cl)cn2)s1. The maximum atomic E-state index is 13.1. The van der Waals surface area contributed by atoms with Crippen molar-refractivity contribution in [1.29, 1.82) is 0 Å². The van der Waals surface area contributed by atoms with Gasteiger partial charge >= 0.3 is 6.18 Å². The number of hydrogen-bond acceptors (Lipinski definition) is 9. The van der Waals surface area contributed by atoms with E-state index in [0.717, 1.165) is 17.5 Å². The summed E-state index contributed by atoms with van der Waals surface area (Å²) in [7, 11) is 1.71. The summed E-state index contributed by atoms with van der Waals surface area (Å²) in [6, 6.07) is 3.50. The first-order valence-corrected chi connectivity index (χ1v) is 12.5. The Bertz CT molecular complexity index is 1520. The van der Waals surface area contributed by atoms with Gasteiger partial charge in [0.1, 0.15) is 27.1 Å². The molecule has 0 radical (unpaired) electrons. The molecule has 4 aromatic heterocycles. The Kier molecular flexibility index (Phi) is 8.28. The number of amides is 2. The molecule has 4 heterocycles. The topological polar surface area (TPSA) is 126 Å². The lowest BCUT2D eigenvalue weighted by Gasteiger charge is -2.20. The van der Waals surface area contributed by atoms with E-state index < -0.39 is 34.6 Å². The van der Waals surface area contributed by atoms with Gasteiger partial charge in [0.2, 0.25) is 0 Å². The van der Waals surface area contributed by atoms with Crippen molar-refractivity contribution in [3.63, 3.8) is 0 Å². The van der Waals surface area contributed by atoms with E-state index in [1.54, 1.807) is 43.4 Å². The summed E-state index contributed by atoms with van der Waals surface area (Å²) in [5.41, 5.74) is -0.517. The average Bonchev–Trinajstić information content (AvgIpc) is 3.40. The van der Waals surface area contributed by atoms with Gasteiger partial charge in [-0.2, -0.15) is 13.2 Å². The van der Waals surface area contributed by atoms with Crippen molar-refractivity contribution in [3.8, 4) is 0 Å². The first-order valence-electron chi connectivity index (χ1n) is 10.9. The molecule has 202 valence electrons. The predicted molar refractivity (Wildman–Crippen MR) is 140 cm³/mol.